The number of ether oxygens (including phenoxy) is 1. The molecule has 0 radical (unpaired) electrons. The number of aromatic nitrogens is 3. The zero-order chi connectivity index (χ0) is 28.0. The Morgan fingerprint density at radius 3 is 2.50 bits per heavy atom. The lowest BCUT2D eigenvalue weighted by Gasteiger charge is -2.15. The highest BCUT2D eigenvalue weighted by molar-refractivity contribution is 14.1. The predicted molar refractivity (Wildman–Crippen MR) is 139 cm³/mol. The van der Waals surface area contributed by atoms with Gasteiger partial charge in [-0.3, -0.25) is 14.6 Å². The van der Waals surface area contributed by atoms with E-state index in [-0.39, 0.29) is 40.8 Å². The fourth-order valence-corrected chi connectivity index (χ4v) is 4.52. The van der Waals surface area contributed by atoms with Crippen molar-refractivity contribution >= 4 is 49.5 Å². The van der Waals surface area contributed by atoms with E-state index < -0.39 is 39.1 Å². The Labute approximate surface area is 229 Å². The number of amides is 2. The SMILES string of the molecule is C[C@H]1C(=O)N(C)C[C@@H]1C(=O)Nc1cc(-c2cc(F)cc(OC(F)(F)F)c2)n(-c2cncc(C(F)(P)I)c2)n1. The van der Waals surface area contributed by atoms with Crippen molar-refractivity contribution in [1.29, 1.82) is 0 Å². The molecule has 1 N–H and O–H groups in total. The van der Waals surface area contributed by atoms with Crippen LogP contribution in [0.2, 0.25) is 0 Å². The van der Waals surface area contributed by atoms with Crippen molar-refractivity contribution in [2.24, 2.45) is 11.8 Å². The Balaban J connectivity index is 1.79. The molecule has 0 bridgehead atoms. The number of hydrogen-bond donors (Lipinski definition) is 1. The highest BCUT2D eigenvalue weighted by atomic mass is 127. The number of carbonyl (C=O) groups excluding carboxylic acids is 2. The number of nitrogens with zero attached hydrogens (tertiary/aromatic N) is 4. The van der Waals surface area contributed by atoms with Gasteiger partial charge < -0.3 is 15.0 Å². The lowest BCUT2D eigenvalue weighted by atomic mass is 9.97. The Bertz CT molecular complexity index is 1390. The van der Waals surface area contributed by atoms with Gasteiger partial charge in [0.05, 0.1) is 23.5 Å². The summed E-state index contributed by atoms with van der Waals surface area (Å²) in [5.41, 5.74) is 0.305. The lowest BCUT2D eigenvalue weighted by Crippen LogP contribution is -2.28. The second-order valence-corrected chi connectivity index (χ2v) is 12.2. The summed E-state index contributed by atoms with van der Waals surface area (Å²) in [5.74, 6) is -3.79. The molecule has 202 valence electrons. The van der Waals surface area contributed by atoms with Crippen LogP contribution in [0, 0.1) is 17.7 Å². The van der Waals surface area contributed by atoms with Gasteiger partial charge in [0.1, 0.15) is 11.6 Å². The van der Waals surface area contributed by atoms with Crippen LogP contribution in [0.1, 0.15) is 12.5 Å². The van der Waals surface area contributed by atoms with Crippen LogP contribution in [0.3, 0.4) is 0 Å². The van der Waals surface area contributed by atoms with E-state index in [2.05, 4.69) is 20.1 Å². The van der Waals surface area contributed by atoms with Gasteiger partial charge >= 0.3 is 6.36 Å². The van der Waals surface area contributed by atoms with E-state index in [0.717, 1.165) is 12.1 Å². The maximum Gasteiger partial charge on any atom is 0.573 e. The molecule has 38 heavy (non-hydrogen) atoms. The molecule has 4 rings (SSSR count). The summed E-state index contributed by atoms with van der Waals surface area (Å²) in [5, 5.41) is 6.93. The summed E-state index contributed by atoms with van der Waals surface area (Å²) >= 11 is 1.53. The Hall–Kier alpha value is -2.87. The molecule has 1 aliphatic heterocycles. The topological polar surface area (TPSA) is 89.4 Å². The van der Waals surface area contributed by atoms with Gasteiger partial charge in [0.2, 0.25) is 11.8 Å². The molecule has 2 amide bonds. The van der Waals surface area contributed by atoms with Crippen LogP contribution in [0.25, 0.3) is 16.9 Å². The summed E-state index contributed by atoms with van der Waals surface area (Å²) in [6.45, 7) is 1.82. The van der Waals surface area contributed by atoms with Crippen molar-refractivity contribution in [2.75, 3.05) is 18.9 Å². The van der Waals surface area contributed by atoms with Crippen molar-refractivity contribution in [1.82, 2.24) is 19.7 Å². The van der Waals surface area contributed by atoms with Gasteiger partial charge in [0, 0.05) is 49.0 Å². The van der Waals surface area contributed by atoms with E-state index in [9.17, 15) is 31.5 Å². The van der Waals surface area contributed by atoms with E-state index in [1.54, 1.807) is 14.0 Å². The number of alkyl halides is 5. The van der Waals surface area contributed by atoms with Crippen molar-refractivity contribution in [2.45, 2.75) is 16.7 Å². The third-order valence-electron chi connectivity index (χ3n) is 5.89. The molecule has 3 heterocycles. The molecule has 1 aliphatic rings. The molecule has 1 saturated heterocycles. The van der Waals surface area contributed by atoms with Crippen LogP contribution in [-0.2, 0) is 13.0 Å². The van der Waals surface area contributed by atoms with Gasteiger partial charge in [-0.05, 0) is 40.8 Å². The maximum absolute atomic E-state index is 14.6. The first-order valence-corrected chi connectivity index (χ1v) is 12.6. The minimum Gasteiger partial charge on any atom is -0.406 e. The molecule has 1 aromatic carbocycles. The number of halogens is 6. The standard InChI is InChI=1S/C23H20F5IN5O3P/c1-11-17(10-33(2)21(11)36)20(35)31-19-7-18(12-3-14(24)6-16(4-12)37-23(26,27)28)34(32-19)15-5-13(8-30-9-15)22(25,29)38/h3-9,11,17H,10,38H2,1-2H3,(H,31,32,35)/t11-,17+,22?/m1/s1. The molecular weight excluding hydrogens is 647 g/mol. The molecule has 0 saturated carbocycles. The molecule has 8 nitrogen and oxygen atoms in total. The number of nitrogens with one attached hydrogen (secondary N) is 1. The van der Waals surface area contributed by atoms with Crippen LogP contribution >= 0.6 is 31.8 Å². The highest BCUT2D eigenvalue weighted by Crippen LogP contribution is 2.41. The zero-order valence-electron chi connectivity index (χ0n) is 19.8. The summed E-state index contributed by atoms with van der Waals surface area (Å²) in [7, 11) is 3.58. The van der Waals surface area contributed by atoms with Crippen molar-refractivity contribution in [3.8, 4) is 22.7 Å². The predicted octanol–water partition coefficient (Wildman–Crippen LogP) is 5.02. The molecule has 2 aromatic heterocycles. The van der Waals surface area contributed by atoms with E-state index in [1.165, 1.54) is 56.7 Å². The molecule has 15 heteroatoms. The van der Waals surface area contributed by atoms with Gasteiger partial charge in [0.15, 0.2) is 9.23 Å². The van der Waals surface area contributed by atoms with Gasteiger partial charge in [-0.15, -0.1) is 18.3 Å². The largest absolute Gasteiger partial charge is 0.573 e. The second-order valence-electron chi connectivity index (χ2n) is 8.71. The summed E-state index contributed by atoms with van der Waals surface area (Å²) in [6, 6.07) is 5.19. The number of anilines is 1. The van der Waals surface area contributed by atoms with Crippen LogP contribution in [0.15, 0.2) is 42.7 Å². The van der Waals surface area contributed by atoms with Crippen molar-refractivity contribution in [3.63, 3.8) is 0 Å². The number of carbonyl (C=O) groups is 2. The summed E-state index contributed by atoms with van der Waals surface area (Å²) < 4.78 is 70.5. The normalized spacial score (nSPS) is 19.4. The molecule has 0 spiro atoms. The summed E-state index contributed by atoms with van der Waals surface area (Å²) in [4.78, 5) is 30.5. The molecule has 1 fully saturated rings. The summed E-state index contributed by atoms with van der Waals surface area (Å²) in [6.07, 6.45) is -2.46. The molecule has 2 unspecified atom stereocenters. The van der Waals surface area contributed by atoms with E-state index >= 15 is 0 Å². The number of benzene rings is 1. The Morgan fingerprint density at radius 2 is 1.89 bits per heavy atom. The van der Waals surface area contributed by atoms with Crippen LogP contribution < -0.4 is 10.1 Å². The fraction of sp³-hybridized carbons (Fsp3) is 0.304. The Kier molecular flexibility index (Phi) is 7.67. The monoisotopic (exact) mass is 667 g/mol. The van der Waals surface area contributed by atoms with Crippen LogP contribution in [0.4, 0.5) is 27.8 Å². The first kappa shape index (κ1) is 28.1. The lowest BCUT2D eigenvalue weighted by molar-refractivity contribution is -0.274. The number of hydrogen-bond acceptors (Lipinski definition) is 5. The molecular formula is C23H20F5IN5O3P. The zero-order valence-corrected chi connectivity index (χ0v) is 23.1. The molecule has 4 atom stereocenters. The van der Waals surface area contributed by atoms with Gasteiger partial charge in [-0.2, -0.15) is 0 Å². The number of rotatable bonds is 6. The van der Waals surface area contributed by atoms with E-state index in [0.29, 0.717) is 6.07 Å². The van der Waals surface area contributed by atoms with E-state index in [4.69, 9.17) is 0 Å². The minimum absolute atomic E-state index is 0.0287. The highest BCUT2D eigenvalue weighted by Gasteiger charge is 2.40. The second kappa shape index (κ2) is 10.4. The van der Waals surface area contributed by atoms with Gasteiger partial charge in [-0.1, -0.05) is 16.2 Å². The van der Waals surface area contributed by atoms with Crippen LogP contribution in [0.5, 0.6) is 5.75 Å². The maximum atomic E-state index is 14.6. The quantitative estimate of drug-likeness (QED) is 0.173. The van der Waals surface area contributed by atoms with E-state index in [1.807, 2.05) is 9.24 Å². The molecule has 0 aliphatic carbocycles. The third-order valence-corrected chi connectivity index (χ3v) is 6.85. The number of pyridine rings is 1. The minimum atomic E-state index is -5.06. The average Bonchev–Trinajstić information content (AvgIpc) is 3.33. The van der Waals surface area contributed by atoms with Crippen molar-refractivity contribution in [3.05, 3.63) is 54.1 Å². The average molecular weight is 667 g/mol. The first-order valence-electron chi connectivity index (χ1n) is 11.0. The van der Waals surface area contributed by atoms with Crippen LogP contribution in [-0.4, -0.2) is 51.4 Å². The van der Waals surface area contributed by atoms with Crippen molar-refractivity contribution < 1.29 is 36.3 Å². The smallest absolute Gasteiger partial charge is 0.406 e. The number of likely N-dealkylation sites (tertiary alicyclic amines) is 1. The van der Waals surface area contributed by atoms with Gasteiger partial charge in [0.25, 0.3) is 0 Å². The molecule has 3 aromatic rings. The first-order chi connectivity index (χ1) is 17.6. The fourth-order valence-electron chi connectivity index (χ4n) is 4.07. The third kappa shape index (κ3) is 6.22. The Morgan fingerprint density at radius 1 is 1.18 bits per heavy atom. The van der Waals surface area contributed by atoms with Gasteiger partial charge in [-0.25, -0.2) is 13.5 Å².